The fourth-order valence-electron chi connectivity index (χ4n) is 1.91. The van der Waals surface area contributed by atoms with Crippen LogP contribution in [0.4, 0.5) is 15.8 Å². The Bertz CT molecular complexity index is 686. The van der Waals surface area contributed by atoms with E-state index in [0.717, 1.165) is 5.56 Å². The minimum Gasteiger partial charge on any atom is -0.399 e. The Kier molecular flexibility index (Phi) is 4.09. The maximum Gasteiger partial charge on any atom is 0.255 e. The lowest BCUT2D eigenvalue weighted by molar-refractivity contribution is 0.102. The highest BCUT2D eigenvalue weighted by molar-refractivity contribution is 9.10. The molecule has 0 unspecified atom stereocenters. The maximum atomic E-state index is 13.4. The molecule has 104 valence electrons. The van der Waals surface area contributed by atoms with Gasteiger partial charge in [-0.05, 0) is 71.2 Å². The Labute approximate surface area is 125 Å². The van der Waals surface area contributed by atoms with E-state index < -0.39 is 0 Å². The number of carbonyl (C=O) groups excluding carboxylic acids is 1. The molecule has 0 spiro atoms. The lowest BCUT2D eigenvalue weighted by Crippen LogP contribution is -2.14. The monoisotopic (exact) mass is 336 g/mol. The molecule has 2 aromatic rings. The molecular weight excluding hydrogens is 323 g/mol. The molecule has 20 heavy (non-hydrogen) atoms. The van der Waals surface area contributed by atoms with Crippen molar-refractivity contribution in [3.8, 4) is 0 Å². The molecule has 3 N–H and O–H groups in total. The first kappa shape index (κ1) is 14.5. The number of hydrogen-bond acceptors (Lipinski definition) is 2. The number of benzene rings is 2. The van der Waals surface area contributed by atoms with E-state index in [1.807, 2.05) is 6.92 Å². The smallest absolute Gasteiger partial charge is 0.255 e. The van der Waals surface area contributed by atoms with E-state index in [1.54, 1.807) is 31.2 Å². The van der Waals surface area contributed by atoms with Gasteiger partial charge in [-0.3, -0.25) is 4.79 Å². The van der Waals surface area contributed by atoms with Gasteiger partial charge in [-0.1, -0.05) is 0 Å². The zero-order valence-corrected chi connectivity index (χ0v) is 12.7. The van der Waals surface area contributed by atoms with Gasteiger partial charge in [-0.15, -0.1) is 0 Å². The van der Waals surface area contributed by atoms with Gasteiger partial charge in [0.2, 0.25) is 0 Å². The third kappa shape index (κ3) is 2.99. The van der Waals surface area contributed by atoms with Crippen molar-refractivity contribution in [3.05, 3.63) is 57.3 Å². The number of aryl methyl sites for hydroxylation is 2. The van der Waals surface area contributed by atoms with Crippen LogP contribution in [0.25, 0.3) is 0 Å². The highest BCUT2D eigenvalue weighted by atomic mass is 79.9. The normalized spacial score (nSPS) is 10.4. The predicted octanol–water partition coefficient (Wildman–Crippen LogP) is 4.04. The molecule has 0 aliphatic heterocycles. The quantitative estimate of drug-likeness (QED) is 0.813. The summed E-state index contributed by atoms with van der Waals surface area (Å²) in [4.78, 5) is 12.2. The first-order valence-corrected chi connectivity index (χ1v) is 6.81. The highest BCUT2D eigenvalue weighted by Crippen LogP contribution is 2.25. The van der Waals surface area contributed by atoms with Crippen LogP contribution in [0.15, 0.2) is 34.8 Å². The van der Waals surface area contributed by atoms with Crippen molar-refractivity contribution in [1.29, 1.82) is 0 Å². The molecule has 2 aromatic carbocycles. The van der Waals surface area contributed by atoms with E-state index in [2.05, 4.69) is 21.2 Å². The van der Waals surface area contributed by atoms with E-state index in [1.165, 1.54) is 6.07 Å². The second kappa shape index (κ2) is 5.63. The number of amides is 1. The number of nitrogens with one attached hydrogen (secondary N) is 1. The van der Waals surface area contributed by atoms with Crippen LogP contribution in [-0.4, -0.2) is 5.91 Å². The van der Waals surface area contributed by atoms with Crippen molar-refractivity contribution in [2.75, 3.05) is 11.1 Å². The molecule has 0 bridgehead atoms. The Hall–Kier alpha value is -1.88. The molecule has 0 radical (unpaired) electrons. The van der Waals surface area contributed by atoms with Crippen LogP contribution in [-0.2, 0) is 0 Å². The Balaban J connectivity index is 2.30. The summed E-state index contributed by atoms with van der Waals surface area (Å²) in [6.45, 7) is 3.56. The number of carbonyl (C=O) groups is 1. The summed E-state index contributed by atoms with van der Waals surface area (Å²) in [5, 5.41) is 2.78. The van der Waals surface area contributed by atoms with Crippen molar-refractivity contribution in [1.82, 2.24) is 0 Å². The zero-order chi connectivity index (χ0) is 14.9. The molecule has 1 amide bonds. The van der Waals surface area contributed by atoms with Gasteiger partial charge in [0.15, 0.2) is 0 Å². The first-order valence-electron chi connectivity index (χ1n) is 6.01. The van der Waals surface area contributed by atoms with Gasteiger partial charge >= 0.3 is 0 Å². The largest absolute Gasteiger partial charge is 0.399 e. The molecule has 0 atom stereocenters. The molecule has 0 saturated carbocycles. The third-order valence-electron chi connectivity index (χ3n) is 3.01. The van der Waals surface area contributed by atoms with Gasteiger partial charge in [-0.25, -0.2) is 4.39 Å². The fraction of sp³-hybridized carbons (Fsp3) is 0.133. The average molecular weight is 337 g/mol. The molecule has 0 aliphatic carbocycles. The lowest BCUT2D eigenvalue weighted by atomic mass is 10.1. The van der Waals surface area contributed by atoms with Crippen LogP contribution < -0.4 is 11.1 Å². The number of rotatable bonds is 2. The highest BCUT2D eigenvalue weighted by Gasteiger charge is 2.12. The van der Waals surface area contributed by atoms with Gasteiger partial charge < -0.3 is 11.1 Å². The standard InChI is InChI=1S/C15H14BrFN2O/c1-8-5-10(18)3-4-11(8)15(20)19-14-7-12(16)13(17)6-9(14)2/h3-7H,18H2,1-2H3,(H,19,20). The van der Waals surface area contributed by atoms with Gasteiger partial charge in [0.05, 0.1) is 4.47 Å². The zero-order valence-electron chi connectivity index (χ0n) is 11.1. The summed E-state index contributed by atoms with van der Waals surface area (Å²) in [6.07, 6.45) is 0. The van der Waals surface area contributed by atoms with Gasteiger partial charge in [0.25, 0.3) is 5.91 Å². The fourth-order valence-corrected chi connectivity index (χ4v) is 2.26. The van der Waals surface area contributed by atoms with Crippen molar-refractivity contribution in [2.24, 2.45) is 0 Å². The van der Waals surface area contributed by atoms with Gasteiger partial charge in [0.1, 0.15) is 5.82 Å². The van der Waals surface area contributed by atoms with Crippen molar-refractivity contribution >= 4 is 33.2 Å². The SMILES string of the molecule is Cc1cc(F)c(Br)cc1NC(=O)c1ccc(N)cc1C. The van der Waals surface area contributed by atoms with E-state index in [-0.39, 0.29) is 11.7 Å². The van der Waals surface area contributed by atoms with Gasteiger partial charge in [0, 0.05) is 16.9 Å². The van der Waals surface area contributed by atoms with Crippen LogP contribution in [0.1, 0.15) is 21.5 Å². The maximum absolute atomic E-state index is 13.4. The van der Waals surface area contributed by atoms with E-state index in [0.29, 0.717) is 27.0 Å². The van der Waals surface area contributed by atoms with E-state index >= 15 is 0 Å². The lowest BCUT2D eigenvalue weighted by Gasteiger charge is -2.11. The minimum absolute atomic E-state index is 0.246. The summed E-state index contributed by atoms with van der Waals surface area (Å²) in [7, 11) is 0. The molecule has 0 aliphatic rings. The van der Waals surface area contributed by atoms with Crippen LogP contribution in [0.2, 0.25) is 0 Å². The third-order valence-corrected chi connectivity index (χ3v) is 3.62. The summed E-state index contributed by atoms with van der Waals surface area (Å²) in [5.74, 6) is -0.603. The van der Waals surface area contributed by atoms with E-state index in [4.69, 9.17) is 5.73 Å². The molecule has 0 aromatic heterocycles. The Morgan fingerprint density at radius 2 is 1.90 bits per heavy atom. The van der Waals surface area contributed by atoms with Gasteiger partial charge in [-0.2, -0.15) is 0 Å². The predicted molar refractivity (Wildman–Crippen MR) is 82.4 cm³/mol. The summed E-state index contributed by atoms with van der Waals surface area (Å²) >= 11 is 3.11. The molecule has 2 rings (SSSR count). The molecule has 0 fully saturated rings. The molecular formula is C15H14BrFN2O. The number of hydrogen-bond donors (Lipinski definition) is 2. The minimum atomic E-state index is -0.357. The molecule has 0 saturated heterocycles. The second-order valence-electron chi connectivity index (χ2n) is 4.61. The average Bonchev–Trinajstić information content (AvgIpc) is 2.35. The summed E-state index contributed by atoms with van der Waals surface area (Å²) in [6, 6.07) is 8.01. The summed E-state index contributed by atoms with van der Waals surface area (Å²) in [5.41, 5.74) is 8.83. The molecule has 5 heteroatoms. The van der Waals surface area contributed by atoms with Crippen LogP contribution >= 0.6 is 15.9 Å². The number of nitrogens with two attached hydrogens (primary N) is 1. The van der Waals surface area contributed by atoms with Crippen LogP contribution in [0, 0.1) is 19.7 Å². The second-order valence-corrected chi connectivity index (χ2v) is 5.46. The Morgan fingerprint density at radius 1 is 1.20 bits per heavy atom. The Morgan fingerprint density at radius 3 is 2.55 bits per heavy atom. The van der Waals surface area contributed by atoms with Crippen LogP contribution in [0.5, 0.6) is 0 Å². The van der Waals surface area contributed by atoms with Crippen molar-refractivity contribution in [3.63, 3.8) is 0 Å². The number of nitrogen functional groups attached to an aromatic ring is 1. The first-order chi connectivity index (χ1) is 9.38. The topological polar surface area (TPSA) is 55.1 Å². The van der Waals surface area contributed by atoms with Crippen molar-refractivity contribution < 1.29 is 9.18 Å². The number of anilines is 2. The van der Waals surface area contributed by atoms with Crippen molar-refractivity contribution in [2.45, 2.75) is 13.8 Å². The summed E-state index contributed by atoms with van der Waals surface area (Å²) < 4.78 is 13.7. The molecule has 3 nitrogen and oxygen atoms in total. The molecule has 0 heterocycles. The van der Waals surface area contributed by atoms with E-state index in [9.17, 15) is 9.18 Å². The van der Waals surface area contributed by atoms with Crippen LogP contribution in [0.3, 0.4) is 0 Å². The number of halogens is 2.